The first kappa shape index (κ1) is 16.3. The van der Waals surface area contributed by atoms with Crippen molar-refractivity contribution in [2.75, 3.05) is 26.8 Å². The molecule has 1 heterocycles. The minimum atomic E-state index is 0.187. The molecule has 4 nitrogen and oxygen atoms in total. The molecule has 0 aliphatic carbocycles. The summed E-state index contributed by atoms with van der Waals surface area (Å²) in [4.78, 5) is 2.44. The highest BCUT2D eigenvalue weighted by Gasteiger charge is 2.29. The molecule has 0 saturated carbocycles. The van der Waals surface area contributed by atoms with Crippen LogP contribution >= 0.6 is 0 Å². The van der Waals surface area contributed by atoms with Gasteiger partial charge in [0.1, 0.15) is 5.75 Å². The summed E-state index contributed by atoms with van der Waals surface area (Å²) >= 11 is 0. The molecule has 1 fully saturated rings. The molecule has 0 radical (unpaired) electrons. The van der Waals surface area contributed by atoms with E-state index in [-0.39, 0.29) is 18.2 Å². The van der Waals surface area contributed by atoms with Crippen LogP contribution in [0.2, 0.25) is 0 Å². The monoisotopic (exact) mass is 292 g/mol. The lowest BCUT2D eigenvalue weighted by Crippen LogP contribution is -2.46. The van der Waals surface area contributed by atoms with Crippen LogP contribution in [0.3, 0.4) is 0 Å². The lowest BCUT2D eigenvalue weighted by molar-refractivity contribution is 0.0847. The largest absolute Gasteiger partial charge is 0.491 e. The predicted molar refractivity (Wildman–Crippen MR) is 85.6 cm³/mol. The maximum atomic E-state index is 6.38. The van der Waals surface area contributed by atoms with Crippen molar-refractivity contribution >= 4 is 0 Å². The third-order valence-electron chi connectivity index (χ3n) is 3.96. The van der Waals surface area contributed by atoms with E-state index in [1.807, 2.05) is 26.0 Å². The summed E-state index contributed by atoms with van der Waals surface area (Å²) < 4.78 is 10.9. The summed E-state index contributed by atoms with van der Waals surface area (Å²) in [5, 5.41) is 0. The molecule has 2 atom stereocenters. The van der Waals surface area contributed by atoms with Gasteiger partial charge in [-0.05, 0) is 50.9 Å². The van der Waals surface area contributed by atoms with Gasteiger partial charge in [0, 0.05) is 25.7 Å². The van der Waals surface area contributed by atoms with Crippen molar-refractivity contribution < 1.29 is 9.47 Å². The van der Waals surface area contributed by atoms with Gasteiger partial charge >= 0.3 is 0 Å². The van der Waals surface area contributed by atoms with E-state index in [9.17, 15) is 0 Å². The molecule has 2 unspecified atom stereocenters. The molecule has 1 aliphatic heterocycles. The first-order valence-corrected chi connectivity index (χ1v) is 7.87. The number of piperidine rings is 1. The quantitative estimate of drug-likeness (QED) is 0.875. The predicted octanol–water partition coefficient (Wildman–Crippen LogP) is 2.58. The number of ether oxygens (including phenoxy) is 2. The maximum Gasteiger partial charge on any atom is 0.119 e. The zero-order valence-corrected chi connectivity index (χ0v) is 13.4. The fraction of sp³-hybridized carbons (Fsp3) is 0.647. The zero-order valence-electron chi connectivity index (χ0n) is 13.4. The molecule has 4 heteroatoms. The SMILES string of the molecule is COCCN1CCCC(N)C1c1ccc(OC(C)C)cc1. The molecule has 21 heavy (non-hydrogen) atoms. The molecule has 0 bridgehead atoms. The second-order valence-corrected chi connectivity index (χ2v) is 6.02. The van der Waals surface area contributed by atoms with Gasteiger partial charge in [0.25, 0.3) is 0 Å². The number of methoxy groups -OCH3 is 1. The van der Waals surface area contributed by atoms with Gasteiger partial charge in [-0.3, -0.25) is 4.90 Å². The first-order valence-electron chi connectivity index (χ1n) is 7.87. The van der Waals surface area contributed by atoms with Crippen LogP contribution in [0.25, 0.3) is 0 Å². The highest BCUT2D eigenvalue weighted by molar-refractivity contribution is 5.30. The number of nitrogens with zero attached hydrogens (tertiary/aromatic N) is 1. The molecule has 1 aromatic carbocycles. The van der Waals surface area contributed by atoms with Gasteiger partial charge in [0.15, 0.2) is 0 Å². The van der Waals surface area contributed by atoms with Gasteiger partial charge in [0.05, 0.1) is 12.7 Å². The maximum absolute atomic E-state index is 6.38. The molecule has 0 spiro atoms. The van der Waals surface area contributed by atoms with Crippen molar-refractivity contribution in [2.24, 2.45) is 5.73 Å². The van der Waals surface area contributed by atoms with Gasteiger partial charge in [-0.15, -0.1) is 0 Å². The Morgan fingerprint density at radius 2 is 2.00 bits per heavy atom. The standard InChI is InChI=1S/C17H28N2O2/c1-13(2)21-15-8-6-14(7-9-15)17-16(18)5-4-10-19(17)11-12-20-3/h6-9,13,16-17H,4-5,10-12,18H2,1-3H3. The van der Waals surface area contributed by atoms with E-state index in [0.29, 0.717) is 0 Å². The second-order valence-electron chi connectivity index (χ2n) is 6.02. The summed E-state index contributed by atoms with van der Waals surface area (Å²) in [5.41, 5.74) is 7.65. The number of hydrogen-bond donors (Lipinski definition) is 1. The summed E-state index contributed by atoms with van der Waals surface area (Å²) in [7, 11) is 1.75. The summed E-state index contributed by atoms with van der Waals surface area (Å²) in [5.74, 6) is 0.918. The average molecular weight is 292 g/mol. The van der Waals surface area contributed by atoms with Crippen LogP contribution in [-0.4, -0.2) is 43.9 Å². The fourth-order valence-electron chi connectivity index (χ4n) is 3.03. The third kappa shape index (κ3) is 4.43. The van der Waals surface area contributed by atoms with Crippen molar-refractivity contribution in [2.45, 2.75) is 44.9 Å². The second kappa shape index (κ2) is 7.78. The van der Waals surface area contributed by atoms with Crippen LogP contribution in [0, 0.1) is 0 Å². The Bertz CT molecular complexity index is 419. The Hall–Kier alpha value is -1.10. The highest BCUT2D eigenvalue weighted by Crippen LogP contribution is 2.31. The number of nitrogens with two attached hydrogens (primary N) is 1. The molecular weight excluding hydrogens is 264 g/mol. The minimum Gasteiger partial charge on any atom is -0.491 e. The summed E-state index contributed by atoms with van der Waals surface area (Å²) in [6.45, 7) is 6.84. The lowest BCUT2D eigenvalue weighted by atomic mass is 9.91. The van der Waals surface area contributed by atoms with E-state index >= 15 is 0 Å². The van der Waals surface area contributed by atoms with Gasteiger partial charge < -0.3 is 15.2 Å². The molecule has 1 aromatic rings. The molecule has 0 aromatic heterocycles. The van der Waals surface area contributed by atoms with E-state index < -0.39 is 0 Å². The Morgan fingerprint density at radius 1 is 1.29 bits per heavy atom. The van der Waals surface area contributed by atoms with E-state index in [1.165, 1.54) is 5.56 Å². The van der Waals surface area contributed by atoms with Crippen molar-refractivity contribution in [3.05, 3.63) is 29.8 Å². The van der Waals surface area contributed by atoms with Crippen molar-refractivity contribution in [1.82, 2.24) is 4.90 Å². The number of hydrogen-bond acceptors (Lipinski definition) is 4. The van der Waals surface area contributed by atoms with Crippen LogP contribution in [0.15, 0.2) is 24.3 Å². The molecule has 118 valence electrons. The Kier molecular flexibility index (Phi) is 6.03. The van der Waals surface area contributed by atoms with Gasteiger partial charge in [-0.2, -0.15) is 0 Å². The molecule has 2 rings (SSSR count). The Balaban J connectivity index is 2.11. The molecule has 0 amide bonds. The fourth-order valence-corrected chi connectivity index (χ4v) is 3.03. The molecule has 2 N–H and O–H groups in total. The summed E-state index contributed by atoms with van der Waals surface area (Å²) in [6.07, 6.45) is 2.44. The summed E-state index contributed by atoms with van der Waals surface area (Å²) in [6, 6.07) is 8.85. The van der Waals surface area contributed by atoms with Crippen molar-refractivity contribution in [1.29, 1.82) is 0 Å². The third-order valence-corrected chi connectivity index (χ3v) is 3.96. The normalized spacial score (nSPS) is 23.5. The van der Waals surface area contributed by atoms with Crippen molar-refractivity contribution in [3.8, 4) is 5.75 Å². The van der Waals surface area contributed by atoms with E-state index in [4.69, 9.17) is 15.2 Å². The Labute approximate surface area is 128 Å². The number of likely N-dealkylation sites (tertiary alicyclic amines) is 1. The van der Waals surface area contributed by atoms with Crippen LogP contribution in [0.5, 0.6) is 5.75 Å². The van der Waals surface area contributed by atoms with Gasteiger partial charge in [-0.1, -0.05) is 12.1 Å². The van der Waals surface area contributed by atoms with Crippen LogP contribution in [0.4, 0.5) is 0 Å². The van der Waals surface area contributed by atoms with Gasteiger partial charge in [-0.25, -0.2) is 0 Å². The van der Waals surface area contributed by atoms with Gasteiger partial charge in [0.2, 0.25) is 0 Å². The molecular formula is C17H28N2O2. The van der Waals surface area contributed by atoms with E-state index in [0.717, 1.165) is 38.3 Å². The van der Waals surface area contributed by atoms with Crippen LogP contribution < -0.4 is 10.5 Å². The number of benzene rings is 1. The van der Waals surface area contributed by atoms with E-state index in [2.05, 4.69) is 17.0 Å². The lowest BCUT2D eigenvalue weighted by Gasteiger charge is -2.40. The Morgan fingerprint density at radius 3 is 2.62 bits per heavy atom. The van der Waals surface area contributed by atoms with Crippen molar-refractivity contribution in [3.63, 3.8) is 0 Å². The number of rotatable bonds is 6. The smallest absolute Gasteiger partial charge is 0.119 e. The molecule has 1 saturated heterocycles. The van der Waals surface area contributed by atoms with Crippen LogP contribution in [-0.2, 0) is 4.74 Å². The topological polar surface area (TPSA) is 47.7 Å². The first-order chi connectivity index (χ1) is 10.1. The highest BCUT2D eigenvalue weighted by atomic mass is 16.5. The zero-order chi connectivity index (χ0) is 15.2. The molecule has 1 aliphatic rings. The van der Waals surface area contributed by atoms with E-state index in [1.54, 1.807) is 7.11 Å². The van der Waals surface area contributed by atoms with Crippen LogP contribution in [0.1, 0.15) is 38.3 Å². The average Bonchev–Trinajstić information content (AvgIpc) is 2.46. The minimum absolute atomic E-state index is 0.187.